The molecule has 1 amide bonds. The van der Waals surface area contributed by atoms with Crippen LogP contribution in [0.25, 0.3) is 10.8 Å². The molecule has 6 heteroatoms. The molecule has 0 unspecified atom stereocenters. The number of hydrogen-bond donors (Lipinski definition) is 2. The van der Waals surface area contributed by atoms with E-state index in [1.807, 2.05) is 56.3 Å². The van der Waals surface area contributed by atoms with E-state index in [1.54, 1.807) is 0 Å². The average Bonchev–Trinajstić information content (AvgIpc) is 3.11. The van der Waals surface area contributed by atoms with E-state index >= 15 is 0 Å². The van der Waals surface area contributed by atoms with Gasteiger partial charge in [0.1, 0.15) is 7.45 Å². The molecule has 3 rings (SSSR count). The van der Waals surface area contributed by atoms with Crippen LogP contribution >= 0.6 is 0 Å². The van der Waals surface area contributed by atoms with Crippen LogP contribution in [-0.2, 0) is 25.5 Å². The molecular weight excluding hydrogens is 392 g/mol. The van der Waals surface area contributed by atoms with Crippen molar-refractivity contribution in [3.63, 3.8) is 0 Å². The fourth-order valence-corrected chi connectivity index (χ4v) is 5.06. The van der Waals surface area contributed by atoms with Crippen LogP contribution in [0, 0.1) is 5.41 Å². The molecule has 0 saturated carbocycles. The lowest BCUT2D eigenvalue weighted by Crippen LogP contribution is -2.67. The first kappa shape index (κ1) is 21.5. The van der Waals surface area contributed by atoms with Crippen molar-refractivity contribution in [1.29, 1.82) is 0 Å². The van der Waals surface area contributed by atoms with Crippen molar-refractivity contribution in [2.45, 2.75) is 58.0 Å². The number of carbonyl (C=O) groups excluding carboxylic acids is 3. The van der Waals surface area contributed by atoms with Crippen molar-refractivity contribution >= 4 is 28.4 Å². The second kappa shape index (κ2) is 9.18. The minimum atomic E-state index is -1.63. The molecule has 31 heavy (non-hydrogen) atoms. The average molecular weight is 426 g/mol. The van der Waals surface area contributed by atoms with Crippen LogP contribution in [-0.4, -0.2) is 42.9 Å². The molecule has 2 aromatic carbocycles. The number of benzene rings is 2. The van der Waals surface area contributed by atoms with E-state index in [2.05, 4.69) is 5.32 Å². The number of ether oxygens (including phenoxy) is 1. The Morgan fingerprint density at radius 2 is 1.84 bits per heavy atom. The highest BCUT2D eigenvalue weighted by Crippen LogP contribution is 2.46. The zero-order valence-corrected chi connectivity index (χ0v) is 18.7. The lowest BCUT2D eigenvalue weighted by atomic mass is 9.64. The number of nitrogens with one attached hydrogen (secondary N) is 2. The topological polar surface area (TPSA) is 84.5 Å². The molecule has 0 bridgehead atoms. The summed E-state index contributed by atoms with van der Waals surface area (Å²) in [6, 6.07) is 12.8. The van der Waals surface area contributed by atoms with Gasteiger partial charge in [0.25, 0.3) is 0 Å². The molecule has 1 aliphatic rings. The highest BCUT2D eigenvalue weighted by molar-refractivity contribution is 6.12. The van der Waals surface area contributed by atoms with Crippen molar-refractivity contribution in [2.75, 3.05) is 13.7 Å². The van der Waals surface area contributed by atoms with Crippen LogP contribution in [0.15, 0.2) is 42.5 Å². The van der Waals surface area contributed by atoms with Gasteiger partial charge < -0.3 is 10.1 Å². The Hall–Kier alpha value is -2.73. The molecular formula is C25H32N2O4. The summed E-state index contributed by atoms with van der Waals surface area (Å²) < 4.78 is 13.5. The van der Waals surface area contributed by atoms with E-state index in [0.717, 1.165) is 21.6 Å². The Balaban J connectivity index is 1.95. The van der Waals surface area contributed by atoms with Crippen LogP contribution in [0.2, 0.25) is 1.41 Å². The van der Waals surface area contributed by atoms with Crippen LogP contribution in [0.3, 0.4) is 0 Å². The number of esters is 1. The number of carbonyl (C=O) groups is 3. The normalized spacial score (nSPS) is 22.0. The Kier molecular flexibility index (Phi) is 6.37. The summed E-state index contributed by atoms with van der Waals surface area (Å²) in [5.74, 6) is -1.56. The number of ketones is 1. The Morgan fingerprint density at radius 3 is 2.45 bits per heavy atom. The molecule has 2 aromatic rings. The van der Waals surface area contributed by atoms with Crippen molar-refractivity contribution in [3.05, 3.63) is 48.0 Å². The third kappa shape index (κ3) is 3.97. The maximum absolute atomic E-state index is 13.7. The van der Waals surface area contributed by atoms with Crippen LogP contribution in [0.4, 0.5) is 0 Å². The van der Waals surface area contributed by atoms with Gasteiger partial charge in [-0.2, -0.15) is 0 Å². The molecule has 1 fully saturated rings. The first-order chi connectivity index (χ1) is 15.3. The quantitative estimate of drug-likeness (QED) is 0.501. The van der Waals surface area contributed by atoms with Crippen molar-refractivity contribution in [1.82, 2.24) is 10.6 Å². The largest absolute Gasteiger partial charge is 0.467 e. The number of amides is 1. The maximum atomic E-state index is 13.7. The first-order valence-corrected chi connectivity index (χ1v) is 10.9. The SMILES string of the molecule is [2H]N1CCC(CC)(CC)[C@@]1(C(C)=O)C(=O)N[C@@H](Cc1ccc2ccccc2c1)C(=O)OC. The number of hydrogen-bond acceptors (Lipinski definition) is 5. The second-order valence-electron chi connectivity index (χ2n) is 8.32. The minimum absolute atomic E-state index is 0.223. The maximum Gasteiger partial charge on any atom is 0.328 e. The lowest BCUT2D eigenvalue weighted by molar-refractivity contribution is -0.149. The van der Waals surface area contributed by atoms with Crippen molar-refractivity contribution in [2.24, 2.45) is 5.41 Å². The summed E-state index contributed by atoms with van der Waals surface area (Å²) in [5.41, 5.74) is -1.43. The second-order valence-corrected chi connectivity index (χ2v) is 8.32. The number of rotatable bonds is 8. The molecule has 0 radical (unpaired) electrons. The molecule has 0 aliphatic carbocycles. The number of methoxy groups -OCH3 is 1. The molecule has 1 aliphatic heterocycles. The fourth-order valence-electron chi connectivity index (χ4n) is 5.06. The van der Waals surface area contributed by atoms with Gasteiger partial charge in [-0.3, -0.25) is 14.9 Å². The Labute approximate surface area is 185 Å². The molecule has 0 aromatic heterocycles. The smallest absolute Gasteiger partial charge is 0.328 e. The molecule has 0 spiro atoms. The predicted molar refractivity (Wildman–Crippen MR) is 121 cm³/mol. The highest BCUT2D eigenvalue weighted by Gasteiger charge is 2.61. The Morgan fingerprint density at radius 1 is 1.16 bits per heavy atom. The monoisotopic (exact) mass is 425 g/mol. The summed E-state index contributed by atoms with van der Waals surface area (Å²) in [6.45, 7) is 5.58. The predicted octanol–water partition coefficient (Wildman–Crippen LogP) is 3.17. The molecule has 1 heterocycles. The van der Waals surface area contributed by atoms with Gasteiger partial charge in [0, 0.05) is 11.8 Å². The third-order valence-electron chi connectivity index (χ3n) is 6.94. The van der Waals surface area contributed by atoms with Crippen LogP contribution in [0.5, 0.6) is 0 Å². The van der Waals surface area contributed by atoms with Gasteiger partial charge in [0.15, 0.2) is 11.3 Å². The van der Waals surface area contributed by atoms with Gasteiger partial charge in [-0.15, -0.1) is 0 Å². The van der Waals surface area contributed by atoms with E-state index in [9.17, 15) is 14.4 Å². The molecule has 2 atom stereocenters. The molecule has 1 saturated heterocycles. The first-order valence-electron chi connectivity index (χ1n) is 11.3. The zero-order valence-electron chi connectivity index (χ0n) is 19.7. The summed E-state index contributed by atoms with van der Waals surface area (Å²) in [6.07, 6.45) is 1.96. The standard InChI is InChI=1S/C25H32N2O4/c1-5-24(6-2)13-14-26-25(24,17(3)28)23(30)27-21(22(29)31-4)16-18-11-12-19-9-7-8-10-20(19)15-18/h7-12,15,21,26H,5-6,13-14,16H2,1-4H3,(H,27,30)/t21-,25+/m0/s1/i/hD. The van der Waals surface area contributed by atoms with E-state index in [4.69, 9.17) is 6.15 Å². The zero-order chi connectivity index (χ0) is 23.5. The summed E-state index contributed by atoms with van der Waals surface area (Å²) in [5, 5.41) is 6.01. The van der Waals surface area contributed by atoms with Gasteiger partial charge in [-0.05, 0) is 49.1 Å². The number of fused-ring (bicyclic) bond motifs is 1. The van der Waals surface area contributed by atoms with Gasteiger partial charge in [-0.25, -0.2) is 4.79 Å². The van der Waals surface area contributed by atoms with Crippen molar-refractivity contribution < 1.29 is 20.5 Å². The van der Waals surface area contributed by atoms with Crippen LogP contribution < -0.4 is 10.6 Å². The van der Waals surface area contributed by atoms with Crippen LogP contribution in [0.1, 0.15) is 45.6 Å². The molecule has 6 nitrogen and oxygen atoms in total. The van der Waals surface area contributed by atoms with E-state index in [0.29, 0.717) is 25.8 Å². The Bertz CT molecular complexity index is 1020. The van der Waals surface area contributed by atoms with Gasteiger partial charge in [0.2, 0.25) is 5.91 Å². The van der Waals surface area contributed by atoms with E-state index in [-0.39, 0.29) is 12.2 Å². The van der Waals surface area contributed by atoms with Gasteiger partial charge in [-0.1, -0.05) is 56.3 Å². The minimum Gasteiger partial charge on any atom is -0.467 e. The lowest BCUT2D eigenvalue weighted by Gasteiger charge is -2.42. The number of Topliss-reactive ketones (excluding diaryl/α,β-unsaturated/α-hetero) is 1. The highest BCUT2D eigenvalue weighted by atomic mass is 16.5. The summed E-state index contributed by atoms with van der Waals surface area (Å²) in [4.78, 5) is 39.2. The molecule has 166 valence electrons. The van der Waals surface area contributed by atoms with E-state index in [1.165, 1.54) is 14.0 Å². The fraction of sp³-hybridized carbons (Fsp3) is 0.480. The third-order valence-corrected chi connectivity index (χ3v) is 6.94. The van der Waals surface area contributed by atoms with Gasteiger partial charge in [0.05, 0.1) is 7.11 Å². The molecule has 2 N–H and O–H groups in total. The van der Waals surface area contributed by atoms with Gasteiger partial charge >= 0.3 is 5.97 Å². The summed E-state index contributed by atoms with van der Waals surface area (Å²) in [7, 11) is 1.28. The van der Waals surface area contributed by atoms with E-state index < -0.39 is 28.9 Å². The summed E-state index contributed by atoms with van der Waals surface area (Å²) >= 11 is 0. The van der Waals surface area contributed by atoms with Crippen molar-refractivity contribution in [3.8, 4) is 0 Å².